The summed E-state index contributed by atoms with van der Waals surface area (Å²) in [4.78, 5) is 25.7. The van der Waals surface area contributed by atoms with Gasteiger partial charge in [0.2, 0.25) is 5.91 Å². The molecular weight excluding hydrogens is 216 g/mol. The van der Waals surface area contributed by atoms with Crippen LogP contribution in [0.3, 0.4) is 0 Å². The van der Waals surface area contributed by atoms with Crippen molar-refractivity contribution < 1.29 is 19.8 Å². The molecule has 0 aliphatic heterocycles. The van der Waals surface area contributed by atoms with Crippen molar-refractivity contribution in [2.45, 2.75) is 25.6 Å². The van der Waals surface area contributed by atoms with Crippen molar-refractivity contribution in [2.75, 3.05) is 0 Å². The predicted octanol–water partition coefficient (Wildman–Crippen LogP) is -1.77. The minimum Gasteiger partial charge on any atom is -0.480 e. The highest BCUT2D eigenvalue weighted by atomic mass is 16.4. The van der Waals surface area contributed by atoms with Gasteiger partial charge in [0, 0.05) is 0 Å². The van der Waals surface area contributed by atoms with Crippen molar-refractivity contribution >= 4 is 11.9 Å². The van der Waals surface area contributed by atoms with Crippen LogP contribution in [-0.2, 0) is 16.1 Å². The quantitative estimate of drug-likeness (QED) is 0.549. The lowest BCUT2D eigenvalue weighted by atomic mass is 10.2. The Kier molecular flexibility index (Phi) is 3.95. The number of carboxylic acids is 1. The van der Waals surface area contributed by atoms with Gasteiger partial charge in [0.15, 0.2) is 6.04 Å². The van der Waals surface area contributed by atoms with Gasteiger partial charge in [-0.3, -0.25) is 4.79 Å². The molecule has 0 bridgehead atoms. The van der Waals surface area contributed by atoms with Crippen LogP contribution in [0.25, 0.3) is 0 Å². The van der Waals surface area contributed by atoms with Gasteiger partial charge in [-0.15, -0.1) is 0 Å². The lowest BCUT2D eigenvalue weighted by Gasteiger charge is -2.16. The molecule has 3 N–H and O–H groups in total. The summed E-state index contributed by atoms with van der Waals surface area (Å²) >= 11 is 0. The number of nitrogens with one attached hydrogen (secondary N) is 1. The molecule has 2 atom stereocenters. The molecule has 0 aromatic carbocycles. The van der Waals surface area contributed by atoms with Gasteiger partial charge < -0.3 is 15.5 Å². The number of carboxylic acid groups (broad SMARTS) is 1. The topological polar surface area (TPSA) is 117 Å². The Balaban J connectivity index is 2.52. The molecule has 0 spiro atoms. The first kappa shape index (κ1) is 12.1. The summed E-state index contributed by atoms with van der Waals surface area (Å²) in [6.45, 7) is 1.14. The highest BCUT2D eigenvalue weighted by Crippen LogP contribution is 1.93. The minimum atomic E-state index is -1.32. The second kappa shape index (κ2) is 5.21. The number of rotatable bonds is 5. The Morgan fingerprint density at radius 1 is 1.56 bits per heavy atom. The van der Waals surface area contributed by atoms with Gasteiger partial charge >= 0.3 is 5.97 Å². The Bertz CT molecular complexity index is 362. The predicted molar refractivity (Wildman–Crippen MR) is 51.3 cm³/mol. The summed E-state index contributed by atoms with van der Waals surface area (Å²) in [7, 11) is 0. The summed E-state index contributed by atoms with van der Waals surface area (Å²) in [6.07, 6.45) is 1.42. The smallest absolute Gasteiger partial charge is 0.328 e. The van der Waals surface area contributed by atoms with Crippen LogP contribution in [0.1, 0.15) is 6.92 Å². The van der Waals surface area contributed by atoms with E-state index in [-0.39, 0.29) is 6.54 Å². The fourth-order valence-corrected chi connectivity index (χ4v) is 1.07. The van der Waals surface area contributed by atoms with E-state index in [4.69, 9.17) is 10.2 Å². The first-order valence-corrected chi connectivity index (χ1v) is 4.53. The highest BCUT2D eigenvalue weighted by molar-refractivity contribution is 5.83. The summed E-state index contributed by atoms with van der Waals surface area (Å²) < 4.78 is 1.25. The Labute approximate surface area is 90.9 Å². The third-order valence-electron chi connectivity index (χ3n) is 1.84. The number of carbonyl (C=O) groups is 2. The molecule has 0 aliphatic rings. The van der Waals surface area contributed by atoms with E-state index in [2.05, 4.69) is 15.4 Å². The van der Waals surface area contributed by atoms with E-state index >= 15 is 0 Å². The molecule has 0 aliphatic carbocycles. The fraction of sp³-hybridized carbons (Fsp3) is 0.500. The molecule has 1 aromatic heterocycles. The van der Waals surface area contributed by atoms with Crippen molar-refractivity contribution in [3.63, 3.8) is 0 Å². The van der Waals surface area contributed by atoms with E-state index in [1.54, 1.807) is 0 Å². The normalized spacial score (nSPS) is 14.1. The van der Waals surface area contributed by atoms with Gasteiger partial charge in [-0.25, -0.2) is 14.5 Å². The standard InChI is InChI=1S/C8H12N4O4/c1-5(13)7(8(15)16)11-6(14)2-12-4-9-3-10-12/h3-5,7,13H,2H2,1H3,(H,11,14)(H,15,16). The molecule has 8 heteroatoms. The van der Waals surface area contributed by atoms with Gasteiger partial charge in [0.05, 0.1) is 6.10 Å². The average Bonchev–Trinajstić information content (AvgIpc) is 2.65. The number of nitrogens with zero attached hydrogens (tertiary/aromatic N) is 3. The Morgan fingerprint density at radius 2 is 2.25 bits per heavy atom. The first-order chi connectivity index (χ1) is 7.50. The van der Waals surface area contributed by atoms with Gasteiger partial charge in [-0.05, 0) is 6.92 Å². The summed E-state index contributed by atoms with van der Waals surface area (Å²) in [6, 6.07) is -1.32. The monoisotopic (exact) mass is 228 g/mol. The molecule has 16 heavy (non-hydrogen) atoms. The molecule has 0 fully saturated rings. The largest absolute Gasteiger partial charge is 0.480 e. The van der Waals surface area contributed by atoms with Crippen molar-refractivity contribution in [1.29, 1.82) is 0 Å². The van der Waals surface area contributed by atoms with E-state index in [0.29, 0.717) is 0 Å². The molecular formula is C8H12N4O4. The third kappa shape index (κ3) is 3.31. The lowest BCUT2D eigenvalue weighted by molar-refractivity contribution is -0.144. The SMILES string of the molecule is CC(O)C(NC(=O)Cn1cncn1)C(=O)O. The van der Waals surface area contributed by atoms with Crippen LogP contribution in [0.4, 0.5) is 0 Å². The first-order valence-electron chi connectivity index (χ1n) is 4.53. The van der Waals surface area contributed by atoms with Crippen LogP contribution in [-0.4, -0.2) is 49.0 Å². The van der Waals surface area contributed by atoms with Gasteiger partial charge in [0.1, 0.15) is 19.2 Å². The number of aliphatic hydroxyl groups is 1. The van der Waals surface area contributed by atoms with E-state index in [1.807, 2.05) is 0 Å². The summed E-state index contributed by atoms with van der Waals surface area (Å²) in [5.41, 5.74) is 0. The van der Waals surface area contributed by atoms with Crippen LogP contribution < -0.4 is 5.32 Å². The molecule has 1 heterocycles. The highest BCUT2D eigenvalue weighted by Gasteiger charge is 2.24. The molecule has 0 saturated heterocycles. The number of hydrogen-bond acceptors (Lipinski definition) is 5. The maximum Gasteiger partial charge on any atom is 0.328 e. The summed E-state index contributed by atoms with van der Waals surface area (Å²) in [5, 5.41) is 23.7. The molecule has 88 valence electrons. The molecule has 2 unspecified atom stereocenters. The number of amides is 1. The minimum absolute atomic E-state index is 0.142. The van der Waals surface area contributed by atoms with E-state index in [9.17, 15) is 9.59 Å². The van der Waals surface area contributed by atoms with Gasteiger partial charge in [-0.1, -0.05) is 0 Å². The van der Waals surface area contributed by atoms with Gasteiger partial charge in [-0.2, -0.15) is 5.10 Å². The third-order valence-corrected chi connectivity index (χ3v) is 1.84. The Morgan fingerprint density at radius 3 is 2.69 bits per heavy atom. The molecule has 1 rings (SSSR count). The number of aromatic nitrogens is 3. The van der Waals surface area contributed by atoms with Crippen LogP contribution >= 0.6 is 0 Å². The van der Waals surface area contributed by atoms with Crippen molar-refractivity contribution in [2.24, 2.45) is 0 Å². The van der Waals surface area contributed by atoms with Crippen LogP contribution in [0.15, 0.2) is 12.7 Å². The second-order valence-corrected chi connectivity index (χ2v) is 3.22. The maximum absolute atomic E-state index is 11.4. The number of carbonyl (C=O) groups excluding carboxylic acids is 1. The number of aliphatic carboxylic acids is 1. The van der Waals surface area contributed by atoms with Gasteiger partial charge in [0.25, 0.3) is 0 Å². The molecule has 0 saturated carbocycles. The number of aliphatic hydroxyl groups excluding tert-OH is 1. The van der Waals surface area contributed by atoms with E-state index < -0.39 is 24.0 Å². The zero-order valence-corrected chi connectivity index (χ0v) is 8.57. The van der Waals surface area contributed by atoms with Crippen LogP contribution in [0.5, 0.6) is 0 Å². The Hall–Kier alpha value is -1.96. The zero-order chi connectivity index (χ0) is 12.1. The van der Waals surface area contributed by atoms with Crippen molar-refractivity contribution in [3.05, 3.63) is 12.7 Å². The van der Waals surface area contributed by atoms with Crippen molar-refractivity contribution in [1.82, 2.24) is 20.1 Å². The molecule has 8 nitrogen and oxygen atoms in total. The maximum atomic E-state index is 11.4. The van der Waals surface area contributed by atoms with E-state index in [0.717, 1.165) is 0 Å². The summed E-state index contributed by atoms with van der Waals surface area (Å²) in [5.74, 6) is -1.85. The van der Waals surface area contributed by atoms with Crippen LogP contribution in [0.2, 0.25) is 0 Å². The van der Waals surface area contributed by atoms with E-state index in [1.165, 1.54) is 24.3 Å². The molecule has 0 radical (unpaired) electrons. The number of hydrogen-bond donors (Lipinski definition) is 3. The second-order valence-electron chi connectivity index (χ2n) is 3.22. The average molecular weight is 228 g/mol. The van der Waals surface area contributed by atoms with Crippen molar-refractivity contribution in [3.8, 4) is 0 Å². The zero-order valence-electron chi connectivity index (χ0n) is 8.57. The fourth-order valence-electron chi connectivity index (χ4n) is 1.07. The molecule has 1 amide bonds. The molecule has 1 aromatic rings. The lowest BCUT2D eigenvalue weighted by Crippen LogP contribution is -2.48. The van der Waals surface area contributed by atoms with Crippen LogP contribution in [0, 0.1) is 0 Å².